The Morgan fingerprint density at radius 1 is 0.962 bits per heavy atom. The smallest absolute Gasteiger partial charge is 0.118 e. The molecule has 1 aliphatic heterocycles. The standard InChI is InChI=1S/C23H25NO2/c1-25-21-10-8-19(9-11-21)22-12-13-24-15-23(22)26-16-17-6-7-18-4-2-3-5-20(18)14-17/h2-11,14,22-24H,12-13,15-16H2,1H3/t22-,23+/m1/s1. The molecule has 0 radical (unpaired) electrons. The predicted molar refractivity (Wildman–Crippen MR) is 106 cm³/mol. The molecule has 0 spiro atoms. The molecule has 3 heteroatoms. The van der Waals surface area contributed by atoms with E-state index in [1.807, 2.05) is 12.1 Å². The summed E-state index contributed by atoms with van der Waals surface area (Å²) in [5.74, 6) is 1.32. The lowest BCUT2D eigenvalue weighted by Gasteiger charge is -2.32. The fourth-order valence-electron chi connectivity index (χ4n) is 3.77. The van der Waals surface area contributed by atoms with Crippen molar-refractivity contribution < 1.29 is 9.47 Å². The summed E-state index contributed by atoms with van der Waals surface area (Å²) in [6.07, 6.45) is 1.28. The van der Waals surface area contributed by atoms with Crippen LogP contribution in [0.3, 0.4) is 0 Å². The Balaban J connectivity index is 1.47. The third-order valence-electron chi connectivity index (χ3n) is 5.25. The van der Waals surface area contributed by atoms with Crippen LogP contribution in [0.15, 0.2) is 66.7 Å². The second-order valence-electron chi connectivity index (χ2n) is 6.90. The highest BCUT2D eigenvalue weighted by atomic mass is 16.5. The molecule has 134 valence electrons. The molecule has 1 N–H and O–H groups in total. The molecule has 1 heterocycles. The maximum atomic E-state index is 6.35. The molecule has 3 aromatic rings. The van der Waals surface area contributed by atoms with E-state index in [9.17, 15) is 0 Å². The average molecular weight is 347 g/mol. The van der Waals surface area contributed by atoms with Crippen LogP contribution < -0.4 is 10.1 Å². The van der Waals surface area contributed by atoms with Crippen LogP contribution in [0, 0.1) is 0 Å². The molecule has 0 aromatic heterocycles. The van der Waals surface area contributed by atoms with Gasteiger partial charge in [0, 0.05) is 12.5 Å². The van der Waals surface area contributed by atoms with E-state index in [0.29, 0.717) is 12.5 Å². The van der Waals surface area contributed by atoms with Gasteiger partial charge < -0.3 is 14.8 Å². The summed E-state index contributed by atoms with van der Waals surface area (Å²) >= 11 is 0. The number of hydrogen-bond donors (Lipinski definition) is 1. The van der Waals surface area contributed by atoms with Gasteiger partial charge >= 0.3 is 0 Å². The average Bonchev–Trinajstić information content (AvgIpc) is 2.72. The number of nitrogens with one attached hydrogen (secondary N) is 1. The van der Waals surface area contributed by atoms with Crippen LogP contribution >= 0.6 is 0 Å². The molecule has 26 heavy (non-hydrogen) atoms. The molecule has 1 fully saturated rings. The van der Waals surface area contributed by atoms with Crippen LogP contribution in [-0.2, 0) is 11.3 Å². The van der Waals surface area contributed by atoms with Crippen molar-refractivity contribution in [1.82, 2.24) is 5.32 Å². The van der Waals surface area contributed by atoms with Gasteiger partial charge in [0.2, 0.25) is 0 Å². The summed E-state index contributed by atoms with van der Waals surface area (Å²) < 4.78 is 11.6. The van der Waals surface area contributed by atoms with E-state index in [1.54, 1.807) is 7.11 Å². The van der Waals surface area contributed by atoms with Crippen molar-refractivity contribution in [3.63, 3.8) is 0 Å². The normalized spacial score (nSPS) is 20.2. The van der Waals surface area contributed by atoms with Crippen LogP contribution in [-0.4, -0.2) is 26.3 Å². The highest BCUT2D eigenvalue weighted by Crippen LogP contribution is 2.30. The zero-order valence-corrected chi connectivity index (χ0v) is 15.2. The highest BCUT2D eigenvalue weighted by molar-refractivity contribution is 5.82. The third-order valence-corrected chi connectivity index (χ3v) is 5.25. The van der Waals surface area contributed by atoms with Crippen molar-refractivity contribution in [3.8, 4) is 5.75 Å². The van der Waals surface area contributed by atoms with E-state index in [2.05, 4.69) is 59.9 Å². The highest BCUT2D eigenvalue weighted by Gasteiger charge is 2.27. The molecule has 0 saturated carbocycles. The lowest BCUT2D eigenvalue weighted by molar-refractivity contribution is 0.0106. The van der Waals surface area contributed by atoms with Crippen molar-refractivity contribution in [2.24, 2.45) is 0 Å². The molecule has 0 unspecified atom stereocenters. The molecular formula is C23H25NO2. The minimum absolute atomic E-state index is 0.184. The molecule has 2 atom stereocenters. The molecule has 1 saturated heterocycles. The monoisotopic (exact) mass is 347 g/mol. The van der Waals surface area contributed by atoms with Crippen LogP contribution in [0.25, 0.3) is 10.8 Å². The molecule has 1 aliphatic rings. The molecule has 4 rings (SSSR count). The quantitative estimate of drug-likeness (QED) is 0.736. The minimum Gasteiger partial charge on any atom is -0.497 e. The number of rotatable bonds is 5. The number of methoxy groups -OCH3 is 1. The lowest BCUT2D eigenvalue weighted by atomic mass is 9.87. The van der Waals surface area contributed by atoms with E-state index >= 15 is 0 Å². The van der Waals surface area contributed by atoms with Gasteiger partial charge in [-0.3, -0.25) is 0 Å². The van der Waals surface area contributed by atoms with Crippen LogP contribution in [0.2, 0.25) is 0 Å². The van der Waals surface area contributed by atoms with Gasteiger partial charge in [-0.05, 0) is 53.1 Å². The minimum atomic E-state index is 0.184. The number of ether oxygens (including phenoxy) is 2. The first-order valence-electron chi connectivity index (χ1n) is 9.27. The largest absolute Gasteiger partial charge is 0.497 e. The van der Waals surface area contributed by atoms with Gasteiger partial charge in [-0.25, -0.2) is 0 Å². The second-order valence-corrected chi connectivity index (χ2v) is 6.90. The number of fused-ring (bicyclic) bond motifs is 1. The molecular weight excluding hydrogens is 322 g/mol. The lowest BCUT2D eigenvalue weighted by Crippen LogP contribution is -2.40. The third kappa shape index (κ3) is 3.74. The summed E-state index contributed by atoms with van der Waals surface area (Å²) in [5.41, 5.74) is 2.55. The SMILES string of the molecule is COc1ccc([C@H]2CCNC[C@@H]2OCc2ccc3ccccc3c2)cc1. The molecule has 0 amide bonds. The van der Waals surface area contributed by atoms with E-state index in [-0.39, 0.29) is 6.10 Å². The first-order valence-corrected chi connectivity index (χ1v) is 9.27. The van der Waals surface area contributed by atoms with E-state index in [4.69, 9.17) is 9.47 Å². The fraction of sp³-hybridized carbons (Fsp3) is 0.304. The zero-order valence-electron chi connectivity index (χ0n) is 15.2. The topological polar surface area (TPSA) is 30.5 Å². The Bertz CT molecular complexity index is 859. The molecule has 3 nitrogen and oxygen atoms in total. The fourth-order valence-corrected chi connectivity index (χ4v) is 3.77. The Morgan fingerprint density at radius 3 is 2.58 bits per heavy atom. The van der Waals surface area contributed by atoms with Crippen LogP contribution in [0.4, 0.5) is 0 Å². The maximum absolute atomic E-state index is 6.35. The summed E-state index contributed by atoms with van der Waals surface area (Å²) in [6.45, 7) is 2.57. The number of benzene rings is 3. The maximum Gasteiger partial charge on any atom is 0.118 e. The van der Waals surface area contributed by atoms with Gasteiger partial charge in [-0.15, -0.1) is 0 Å². The van der Waals surface area contributed by atoms with E-state index < -0.39 is 0 Å². The van der Waals surface area contributed by atoms with Gasteiger partial charge in [-0.2, -0.15) is 0 Å². The van der Waals surface area contributed by atoms with Crippen molar-refractivity contribution in [1.29, 1.82) is 0 Å². The Labute approximate surface area is 154 Å². The van der Waals surface area contributed by atoms with Gasteiger partial charge in [0.1, 0.15) is 5.75 Å². The summed E-state index contributed by atoms with van der Waals surface area (Å²) in [5, 5.41) is 6.01. The van der Waals surface area contributed by atoms with Crippen molar-refractivity contribution in [2.75, 3.05) is 20.2 Å². The van der Waals surface area contributed by atoms with E-state index in [0.717, 1.165) is 25.3 Å². The molecule has 0 aliphatic carbocycles. The Kier molecular flexibility index (Phi) is 5.19. The van der Waals surface area contributed by atoms with Crippen LogP contribution in [0.1, 0.15) is 23.5 Å². The van der Waals surface area contributed by atoms with Gasteiger partial charge in [0.25, 0.3) is 0 Å². The number of hydrogen-bond acceptors (Lipinski definition) is 3. The Morgan fingerprint density at radius 2 is 1.77 bits per heavy atom. The van der Waals surface area contributed by atoms with Crippen molar-refractivity contribution in [2.45, 2.75) is 25.0 Å². The van der Waals surface area contributed by atoms with E-state index in [1.165, 1.54) is 21.9 Å². The van der Waals surface area contributed by atoms with Crippen LogP contribution in [0.5, 0.6) is 5.75 Å². The number of piperidine rings is 1. The molecule has 3 aromatic carbocycles. The first-order chi connectivity index (χ1) is 12.8. The first kappa shape index (κ1) is 17.1. The summed E-state index contributed by atoms with van der Waals surface area (Å²) in [6, 6.07) is 23.4. The predicted octanol–water partition coefficient (Wildman–Crippen LogP) is 4.51. The summed E-state index contributed by atoms with van der Waals surface area (Å²) in [7, 11) is 1.70. The van der Waals surface area contributed by atoms with Crippen molar-refractivity contribution >= 4 is 10.8 Å². The Hall–Kier alpha value is -2.36. The molecule has 0 bridgehead atoms. The second kappa shape index (κ2) is 7.90. The summed E-state index contributed by atoms with van der Waals surface area (Å²) in [4.78, 5) is 0. The zero-order chi connectivity index (χ0) is 17.8. The van der Waals surface area contributed by atoms with Gasteiger partial charge in [-0.1, -0.05) is 48.5 Å². The van der Waals surface area contributed by atoms with Gasteiger partial charge in [0.05, 0.1) is 19.8 Å². The van der Waals surface area contributed by atoms with Gasteiger partial charge in [0.15, 0.2) is 0 Å². The van der Waals surface area contributed by atoms with Crippen molar-refractivity contribution in [3.05, 3.63) is 77.9 Å².